The van der Waals surface area contributed by atoms with Gasteiger partial charge in [0, 0.05) is 5.56 Å². The molecule has 0 heterocycles. The lowest BCUT2D eigenvalue weighted by Gasteiger charge is -2.39. The van der Waals surface area contributed by atoms with Crippen LogP contribution in [0.2, 0.25) is 0 Å². The van der Waals surface area contributed by atoms with Gasteiger partial charge < -0.3 is 19.7 Å². The van der Waals surface area contributed by atoms with E-state index in [-0.39, 0.29) is 11.1 Å². The molecule has 2 atom stereocenters. The summed E-state index contributed by atoms with van der Waals surface area (Å²) in [4.78, 5) is 22.8. The molecule has 0 aromatic heterocycles. The van der Waals surface area contributed by atoms with Gasteiger partial charge in [-0.2, -0.15) is 0 Å². The van der Waals surface area contributed by atoms with E-state index in [4.69, 9.17) is 9.47 Å². The van der Waals surface area contributed by atoms with Crippen LogP contribution in [-0.4, -0.2) is 28.3 Å². The average molecular weight is 428 g/mol. The molecule has 160 valence electrons. The molecule has 2 N–H and O–H groups in total. The van der Waals surface area contributed by atoms with Crippen molar-refractivity contribution in [3.8, 4) is 11.5 Å². The lowest BCUT2D eigenvalue weighted by Crippen LogP contribution is -2.46. The fraction of sp³-hybridized carbons (Fsp3) is 0.0769. The molecule has 2 unspecified atom stereocenters. The van der Waals surface area contributed by atoms with Gasteiger partial charge >= 0.3 is 11.9 Å². The first kappa shape index (κ1) is 20.9. The van der Waals surface area contributed by atoms with Crippen LogP contribution < -0.4 is 9.47 Å². The molecule has 0 spiro atoms. The van der Waals surface area contributed by atoms with Crippen molar-refractivity contribution in [2.24, 2.45) is 0 Å². The monoisotopic (exact) mass is 428 g/mol. The normalized spacial score (nSPS) is 19.3. The SMILES string of the molecule is O=C(O)c1cccc(OC2C=CC=CC2(Oc2cccc(C(=O)O)c2)c2ccccc2)c1. The largest absolute Gasteiger partial charge is 0.481 e. The van der Waals surface area contributed by atoms with Gasteiger partial charge in [-0.3, -0.25) is 0 Å². The van der Waals surface area contributed by atoms with Crippen molar-refractivity contribution >= 4 is 11.9 Å². The second-order valence-electron chi connectivity index (χ2n) is 7.21. The quantitative estimate of drug-likeness (QED) is 0.554. The third kappa shape index (κ3) is 4.25. The Morgan fingerprint density at radius 1 is 0.750 bits per heavy atom. The third-order valence-corrected chi connectivity index (χ3v) is 5.10. The zero-order valence-corrected chi connectivity index (χ0v) is 16.9. The molecule has 0 bridgehead atoms. The van der Waals surface area contributed by atoms with Gasteiger partial charge in [-0.1, -0.05) is 54.6 Å². The second-order valence-corrected chi connectivity index (χ2v) is 7.21. The van der Waals surface area contributed by atoms with Gasteiger partial charge in [0.05, 0.1) is 11.1 Å². The number of allylic oxidation sites excluding steroid dienone is 2. The van der Waals surface area contributed by atoms with Crippen LogP contribution in [-0.2, 0) is 5.60 Å². The third-order valence-electron chi connectivity index (χ3n) is 5.10. The van der Waals surface area contributed by atoms with Gasteiger partial charge in [0.1, 0.15) is 11.5 Å². The van der Waals surface area contributed by atoms with Crippen LogP contribution in [0.1, 0.15) is 26.3 Å². The first-order valence-electron chi connectivity index (χ1n) is 9.92. The molecule has 6 heteroatoms. The van der Waals surface area contributed by atoms with Gasteiger partial charge in [0.25, 0.3) is 0 Å². The maximum atomic E-state index is 11.4. The Hall–Kier alpha value is -4.32. The topological polar surface area (TPSA) is 93.1 Å². The van der Waals surface area contributed by atoms with Crippen LogP contribution in [0, 0.1) is 0 Å². The molecule has 0 radical (unpaired) electrons. The van der Waals surface area contributed by atoms with Crippen LogP contribution in [0.15, 0.2) is 103 Å². The van der Waals surface area contributed by atoms with Crippen LogP contribution in [0.25, 0.3) is 0 Å². The van der Waals surface area contributed by atoms with E-state index >= 15 is 0 Å². The number of ether oxygens (including phenoxy) is 2. The van der Waals surface area contributed by atoms with Crippen LogP contribution in [0.4, 0.5) is 0 Å². The molecule has 6 nitrogen and oxygen atoms in total. The average Bonchev–Trinajstić information content (AvgIpc) is 2.81. The summed E-state index contributed by atoms with van der Waals surface area (Å²) in [7, 11) is 0. The van der Waals surface area contributed by atoms with Gasteiger partial charge in [0.15, 0.2) is 11.7 Å². The van der Waals surface area contributed by atoms with E-state index in [1.807, 2.05) is 54.6 Å². The second kappa shape index (κ2) is 8.81. The number of benzene rings is 3. The Bertz CT molecular complexity index is 1200. The maximum absolute atomic E-state index is 11.4. The smallest absolute Gasteiger partial charge is 0.335 e. The van der Waals surface area contributed by atoms with Crippen molar-refractivity contribution in [2.75, 3.05) is 0 Å². The Kier molecular flexibility index (Phi) is 5.77. The molecule has 32 heavy (non-hydrogen) atoms. The molecule has 3 aromatic rings. The molecule has 0 amide bonds. The predicted molar refractivity (Wildman–Crippen MR) is 118 cm³/mol. The summed E-state index contributed by atoms with van der Waals surface area (Å²) in [6.07, 6.45) is 6.67. The zero-order valence-electron chi connectivity index (χ0n) is 16.9. The summed E-state index contributed by atoms with van der Waals surface area (Å²) in [6.45, 7) is 0. The number of carboxylic acid groups (broad SMARTS) is 2. The molecular formula is C26H20O6. The molecule has 0 fully saturated rings. The van der Waals surface area contributed by atoms with E-state index in [0.717, 1.165) is 5.56 Å². The number of carboxylic acids is 2. The maximum Gasteiger partial charge on any atom is 0.335 e. The standard InChI is InChI=1S/C26H20O6/c27-24(28)18-8-6-12-21(16-18)31-23-14-4-5-15-26(23,20-10-2-1-3-11-20)32-22-13-7-9-19(17-22)25(29)30/h1-17,23H,(H,27,28)(H,29,30). The predicted octanol–water partition coefficient (Wildman–Crippen LogP) is 4.93. The molecule has 3 aromatic carbocycles. The van der Waals surface area contributed by atoms with Crippen molar-refractivity contribution < 1.29 is 29.3 Å². The van der Waals surface area contributed by atoms with E-state index in [9.17, 15) is 19.8 Å². The fourth-order valence-corrected chi connectivity index (χ4v) is 3.58. The first-order chi connectivity index (χ1) is 15.5. The van der Waals surface area contributed by atoms with Gasteiger partial charge in [-0.15, -0.1) is 0 Å². The Morgan fingerprint density at radius 2 is 1.38 bits per heavy atom. The summed E-state index contributed by atoms with van der Waals surface area (Å²) in [6, 6.07) is 21.9. The minimum atomic E-state index is -1.12. The van der Waals surface area contributed by atoms with Crippen molar-refractivity contribution in [3.63, 3.8) is 0 Å². The van der Waals surface area contributed by atoms with Crippen LogP contribution in [0.5, 0.6) is 11.5 Å². The van der Waals surface area contributed by atoms with Gasteiger partial charge in [-0.05, 0) is 48.6 Å². The number of aromatic carboxylic acids is 2. The number of rotatable bonds is 7. The molecule has 4 rings (SSSR count). The minimum Gasteiger partial charge on any atom is -0.481 e. The van der Waals surface area contributed by atoms with Crippen LogP contribution in [0.3, 0.4) is 0 Å². The highest BCUT2D eigenvalue weighted by atomic mass is 16.6. The highest BCUT2D eigenvalue weighted by Crippen LogP contribution is 2.38. The number of hydrogen-bond acceptors (Lipinski definition) is 4. The highest BCUT2D eigenvalue weighted by molar-refractivity contribution is 5.88. The summed E-state index contributed by atoms with van der Waals surface area (Å²) >= 11 is 0. The lowest BCUT2D eigenvalue weighted by molar-refractivity contribution is 0.0155. The van der Waals surface area contributed by atoms with Crippen molar-refractivity contribution in [3.05, 3.63) is 120 Å². The molecule has 0 saturated carbocycles. The fourth-order valence-electron chi connectivity index (χ4n) is 3.58. The number of hydrogen-bond donors (Lipinski definition) is 2. The molecular weight excluding hydrogens is 408 g/mol. The molecule has 0 aliphatic heterocycles. The number of carbonyl (C=O) groups is 2. The van der Waals surface area contributed by atoms with Gasteiger partial charge in [-0.25, -0.2) is 9.59 Å². The lowest BCUT2D eigenvalue weighted by atomic mass is 9.84. The van der Waals surface area contributed by atoms with Crippen LogP contribution >= 0.6 is 0 Å². The van der Waals surface area contributed by atoms with E-state index < -0.39 is 23.6 Å². The van der Waals surface area contributed by atoms with E-state index in [1.165, 1.54) is 24.3 Å². The summed E-state index contributed by atoms with van der Waals surface area (Å²) in [5, 5.41) is 18.7. The first-order valence-corrected chi connectivity index (χ1v) is 9.92. The Labute approximate surface area is 184 Å². The van der Waals surface area contributed by atoms with Crippen molar-refractivity contribution in [1.29, 1.82) is 0 Å². The van der Waals surface area contributed by atoms with E-state index in [1.54, 1.807) is 24.3 Å². The summed E-state index contributed by atoms with van der Waals surface area (Å²) < 4.78 is 12.7. The summed E-state index contributed by atoms with van der Waals surface area (Å²) in [5.41, 5.74) is -0.113. The highest BCUT2D eigenvalue weighted by Gasteiger charge is 2.42. The van der Waals surface area contributed by atoms with Gasteiger partial charge in [0.2, 0.25) is 0 Å². The van der Waals surface area contributed by atoms with Crippen molar-refractivity contribution in [1.82, 2.24) is 0 Å². The molecule has 1 aliphatic rings. The zero-order chi connectivity index (χ0) is 22.6. The van der Waals surface area contributed by atoms with E-state index in [2.05, 4.69) is 0 Å². The Balaban J connectivity index is 1.77. The Morgan fingerprint density at radius 3 is 2.03 bits per heavy atom. The van der Waals surface area contributed by atoms with Crippen molar-refractivity contribution in [2.45, 2.75) is 11.7 Å². The molecule has 0 saturated heterocycles. The summed E-state index contributed by atoms with van der Waals surface area (Å²) in [5.74, 6) is -1.37. The molecule has 1 aliphatic carbocycles. The minimum absolute atomic E-state index is 0.104. The van der Waals surface area contributed by atoms with E-state index in [0.29, 0.717) is 11.5 Å².